The van der Waals surface area contributed by atoms with E-state index in [4.69, 9.17) is 4.74 Å². The molecule has 0 N–H and O–H groups in total. The molecule has 0 aromatic carbocycles. The minimum Gasteiger partial charge on any atom is -0.443 e. The highest BCUT2D eigenvalue weighted by atomic mass is 16.6. The Kier molecular flexibility index (Phi) is 2.38. The number of pyridine rings is 1. The zero-order chi connectivity index (χ0) is 11.8. The molecule has 0 fully saturated rings. The third-order valence-electron chi connectivity index (χ3n) is 1.95. The Labute approximate surface area is 93.4 Å². The van der Waals surface area contributed by atoms with Crippen molar-refractivity contribution in [1.29, 1.82) is 0 Å². The Bertz CT molecular complexity index is 484. The van der Waals surface area contributed by atoms with Crippen LogP contribution in [-0.4, -0.2) is 26.5 Å². The van der Waals surface area contributed by atoms with Gasteiger partial charge in [0.25, 0.3) is 0 Å². The summed E-state index contributed by atoms with van der Waals surface area (Å²) in [4.78, 5) is 11.9. The number of carbonyl (C=O) groups is 1. The Balaban J connectivity index is 2.34. The Hall–Kier alpha value is -1.91. The van der Waals surface area contributed by atoms with Gasteiger partial charge in [0.15, 0.2) is 0 Å². The molecule has 0 saturated carbocycles. The molecule has 0 atom stereocenters. The molecule has 0 amide bonds. The molecule has 2 rings (SSSR count). The zero-order valence-corrected chi connectivity index (χ0v) is 9.47. The molecule has 0 spiro atoms. The van der Waals surface area contributed by atoms with Gasteiger partial charge in [-0.1, -0.05) is 0 Å². The first-order valence-electron chi connectivity index (χ1n) is 4.99. The van der Waals surface area contributed by atoms with Crippen molar-refractivity contribution >= 4 is 6.09 Å². The second kappa shape index (κ2) is 3.59. The van der Waals surface area contributed by atoms with E-state index in [9.17, 15) is 4.79 Å². The van der Waals surface area contributed by atoms with Crippen LogP contribution in [-0.2, 0) is 4.74 Å². The Morgan fingerprint density at radius 2 is 2.19 bits per heavy atom. The third kappa shape index (κ3) is 2.03. The van der Waals surface area contributed by atoms with Crippen molar-refractivity contribution in [2.75, 3.05) is 0 Å². The number of hydrogen-bond donors (Lipinski definition) is 0. The first-order chi connectivity index (χ1) is 7.47. The van der Waals surface area contributed by atoms with E-state index in [1.165, 1.54) is 4.57 Å². The average Bonchev–Trinajstić information content (AvgIpc) is 2.61. The molecular formula is C11H13N3O2. The van der Waals surface area contributed by atoms with E-state index in [1.807, 2.05) is 20.8 Å². The van der Waals surface area contributed by atoms with E-state index in [2.05, 4.69) is 10.2 Å². The van der Waals surface area contributed by atoms with Crippen LogP contribution < -0.4 is 0 Å². The normalized spacial score (nSPS) is 11.7. The van der Waals surface area contributed by atoms with Gasteiger partial charge in [0.1, 0.15) is 11.3 Å². The first kappa shape index (κ1) is 10.6. The molecule has 0 aliphatic carbocycles. The molecule has 0 saturated heterocycles. The molecule has 0 aromatic rings. The zero-order valence-electron chi connectivity index (χ0n) is 9.47. The molecule has 0 radical (unpaired) electrons. The van der Waals surface area contributed by atoms with E-state index >= 15 is 0 Å². The lowest BCUT2D eigenvalue weighted by molar-refractivity contribution is 0.0538. The SMILES string of the molecule is CC(C)(C)OC(=O)n1cccc2nncc1-2. The number of carbonyl (C=O) groups excluding carboxylic acids is 1. The van der Waals surface area contributed by atoms with Crippen LogP contribution in [0.3, 0.4) is 0 Å². The maximum Gasteiger partial charge on any atom is 0.419 e. The molecule has 16 heavy (non-hydrogen) atoms. The second-order valence-corrected chi connectivity index (χ2v) is 4.47. The minimum absolute atomic E-state index is 0.423. The fraction of sp³-hybridized carbons (Fsp3) is 0.364. The van der Waals surface area contributed by atoms with Gasteiger partial charge in [-0.2, -0.15) is 5.10 Å². The second-order valence-electron chi connectivity index (χ2n) is 4.47. The standard InChI is InChI=1S/C11H13N3O2/c1-11(2,3)16-10(15)14-6-4-5-8-9(14)7-12-13-8/h4-7H,1-3H3. The monoisotopic (exact) mass is 219 g/mol. The number of rotatable bonds is 0. The number of fused-ring (bicyclic) bond motifs is 1. The summed E-state index contributed by atoms with van der Waals surface area (Å²) < 4.78 is 6.67. The molecule has 5 nitrogen and oxygen atoms in total. The van der Waals surface area contributed by atoms with E-state index < -0.39 is 11.7 Å². The van der Waals surface area contributed by atoms with Crippen molar-refractivity contribution < 1.29 is 9.53 Å². The van der Waals surface area contributed by atoms with Gasteiger partial charge < -0.3 is 4.74 Å². The molecular weight excluding hydrogens is 206 g/mol. The summed E-state index contributed by atoms with van der Waals surface area (Å²) in [7, 11) is 0. The molecule has 0 aromatic heterocycles. The Morgan fingerprint density at radius 3 is 2.88 bits per heavy atom. The number of ether oxygens (including phenoxy) is 1. The van der Waals surface area contributed by atoms with Gasteiger partial charge in [-0.3, -0.25) is 0 Å². The maximum absolute atomic E-state index is 11.9. The van der Waals surface area contributed by atoms with Gasteiger partial charge in [-0.25, -0.2) is 9.36 Å². The smallest absolute Gasteiger partial charge is 0.419 e. The van der Waals surface area contributed by atoms with Crippen LogP contribution in [0, 0.1) is 0 Å². The van der Waals surface area contributed by atoms with Crippen molar-refractivity contribution in [3.8, 4) is 11.4 Å². The lowest BCUT2D eigenvalue weighted by Gasteiger charge is -2.20. The highest BCUT2D eigenvalue weighted by Gasteiger charge is 2.20. The highest BCUT2D eigenvalue weighted by molar-refractivity contribution is 5.77. The molecule has 0 bridgehead atoms. The van der Waals surface area contributed by atoms with Crippen molar-refractivity contribution in [1.82, 2.24) is 14.8 Å². The average molecular weight is 219 g/mol. The van der Waals surface area contributed by atoms with Gasteiger partial charge >= 0.3 is 6.09 Å². The van der Waals surface area contributed by atoms with Gasteiger partial charge in [0.05, 0.1) is 11.9 Å². The van der Waals surface area contributed by atoms with Crippen molar-refractivity contribution in [3.05, 3.63) is 24.5 Å². The number of aromatic nitrogens is 3. The van der Waals surface area contributed by atoms with Crippen LogP contribution in [0.5, 0.6) is 0 Å². The Morgan fingerprint density at radius 1 is 1.44 bits per heavy atom. The van der Waals surface area contributed by atoms with Crippen molar-refractivity contribution in [2.24, 2.45) is 0 Å². The quantitative estimate of drug-likeness (QED) is 0.681. The summed E-state index contributed by atoms with van der Waals surface area (Å²) >= 11 is 0. The van der Waals surface area contributed by atoms with Gasteiger partial charge in [0.2, 0.25) is 0 Å². The van der Waals surface area contributed by atoms with Crippen LogP contribution in [0.1, 0.15) is 20.8 Å². The van der Waals surface area contributed by atoms with Crippen molar-refractivity contribution in [3.63, 3.8) is 0 Å². The van der Waals surface area contributed by atoms with E-state index in [1.54, 1.807) is 24.5 Å². The first-order valence-corrected chi connectivity index (χ1v) is 4.99. The largest absolute Gasteiger partial charge is 0.443 e. The minimum atomic E-state index is -0.514. The fourth-order valence-corrected chi connectivity index (χ4v) is 1.34. The summed E-state index contributed by atoms with van der Waals surface area (Å²) in [6.45, 7) is 5.48. The summed E-state index contributed by atoms with van der Waals surface area (Å²) in [6, 6.07) is 3.53. The number of nitrogens with zero attached hydrogens (tertiary/aromatic N) is 3. The third-order valence-corrected chi connectivity index (χ3v) is 1.95. The molecule has 84 valence electrons. The molecule has 2 aliphatic rings. The van der Waals surface area contributed by atoms with Gasteiger partial charge in [-0.05, 0) is 32.9 Å². The predicted molar refractivity (Wildman–Crippen MR) is 58.3 cm³/mol. The van der Waals surface area contributed by atoms with E-state index in [0.717, 1.165) is 0 Å². The van der Waals surface area contributed by atoms with Gasteiger partial charge in [-0.15, -0.1) is 5.10 Å². The lowest BCUT2D eigenvalue weighted by Crippen LogP contribution is -2.27. The van der Waals surface area contributed by atoms with E-state index in [-0.39, 0.29) is 0 Å². The van der Waals surface area contributed by atoms with Crippen molar-refractivity contribution in [2.45, 2.75) is 26.4 Å². The molecule has 2 heterocycles. The van der Waals surface area contributed by atoms with Crippen LogP contribution in [0.2, 0.25) is 0 Å². The van der Waals surface area contributed by atoms with Gasteiger partial charge in [0, 0.05) is 6.20 Å². The molecule has 2 aliphatic heterocycles. The fourth-order valence-electron chi connectivity index (χ4n) is 1.34. The number of hydrogen-bond acceptors (Lipinski definition) is 4. The van der Waals surface area contributed by atoms with Crippen LogP contribution >= 0.6 is 0 Å². The van der Waals surface area contributed by atoms with Crippen LogP contribution in [0.15, 0.2) is 24.5 Å². The maximum atomic E-state index is 11.9. The predicted octanol–water partition coefficient (Wildman–Crippen LogP) is 2.17. The highest BCUT2D eigenvalue weighted by Crippen LogP contribution is 2.19. The van der Waals surface area contributed by atoms with Crippen LogP contribution in [0.25, 0.3) is 11.4 Å². The molecule has 5 heteroatoms. The summed E-state index contributed by atoms with van der Waals surface area (Å²) in [5, 5.41) is 7.64. The molecule has 0 unspecified atom stereocenters. The summed E-state index contributed by atoms with van der Waals surface area (Å²) in [5.74, 6) is 0. The summed E-state index contributed by atoms with van der Waals surface area (Å²) in [6.07, 6.45) is 2.76. The lowest BCUT2D eigenvalue weighted by atomic mass is 10.2. The summed E-state index contributed by atoms with van der Waals surface area (Å²) in [5.41, 5.74) is 0.810. The topological polar surface area (TPSA) is 57.0 Å². The van der Waals surface area contributed by atoms with Crippen LogP contribution in [0.4, 0.5) is 4.79 Å². The van der Waals surface area contributed by atoms with E-state index in [0.29, 0.717) is 11.4 Å².